The van der Waals surface area contributed by atoms with Crippen molar-refractivity contribution in [1.29, 1.82) is 0 Å². The van der Waals surface area contributed by atoms with Crippen molar-refractivity contribution in [2.75, 3.05) is 26.1 Å². The number of halogens is 3. The van der Waals surface area contributed by atoms with E-state index in [1.165, 1.54) is 14.2 Å². The van der Waals surface area contributed by atoms with Gasteiger partial charge in [-0.1, -0.05) is 12.8 Å². The Morgan fingerprint density at radius 1 is 1.17 bits per heavy atom. The van der Waals surface area contributed by atoms with Crippen molar-refractivity contribution in [2.45, 2.75) is 37.4 Å². The number of alkyl halides is 3. The number of amides is 1. The molecule has 1 aliphatic carbocycles. The predicted octanol–water partition coefficient (Wildman–Crippen LogP) is 3.11. The summed E-state index contributed by atoms with van der Waals surface area (Å²) in [5.74, 6) is 0.469. The molecule has 1 aliphatic rings. The number of anilines is 1. The van der Waals surface area contributed by atoms with Crippen LogP contribution in [-0.2, 0) is 4.79 Å². The largest absolute Gasteiger partial charge is 0.493 e. The molecular formula is C16H21F3N2O3. The summed E-state index contributed by atoms with van der Waals surface area (Å²) < 4.78 is 47.9. The van der Waals surface area contributed by atoms with Gasteiger partial charge < -0.3 is 14.8 Å². The molecule has 1 aromatic carbocycles. The summed E-state index contributed by atoms with van der Waals surface area (Å²) in [6.07, 6.45) is -2.18. The third kappa shape index (κ3) is 4.31. The van der Waals surface area contributed by atoms with E-state index in [1.807, 2.05) is 0 Å². The lowest BCUT2D eigenvalue weighted by atomic mass is 9.96. The fourth-order valence-electron chi connectivity index (χ4n) is 2.90. The highest BCUT2D eigenvalue weighted by Gasteiger charge is 2.43. The minimum atomic E-state index is -4.36. The summed E-state index contributed by atoms with van der Waals surface area (Å²) in [6.45, 7) is -1.19. The minimum Gasteiger partial charge on any atom is -0.493 e. The van der Waals surface area contributed by atoms with Gasteiger partial charge in [-0.05, 0) is 25.0 Å². The molecule has 2 N–H and O–H groups in total. The fourth-order valence-corrected chi connectivity index (χ4v) is 2.90. The summed E-state index contributed by atoms with van der Waals surface area (Å²) in [5.41, 5.74) is -0.749. The molecule has 0 atom stereocenters. The molecule has 1 aromatic rings. The standard InChI is InChI=1S/C16H21F3N2O3/c1-23-12-6-5-11(9-13(12)24-2)21-14(22)15(7-3-4-8-15)20-10-16(17,18)19/h5-6,9,20H,3-4,7-8,10H2,1-2H3,(H,21,22). The SMILES string of the molecule is COc1ccc(NC(=O)C2(NCC(F)(F)F)CCCC2)cc1OC. The molecule has 0 radical (unpaired) electrons. The Labute approximate surface area is 138 Å². The van der Waals surface area contributed by atoms with Crippen LogP contribution in [0.2, 0.25) is 0 Å². The van der Waals surface area contributed by atoms with E-state index in [1.54, 1.807) is 18.2 Å². The molecule has 0 aliphatic heterocycles. The van der Waals surface area contributed by atoms with E-state index in [9.17, 15) is 18.0 Å². The Morgan fingerprint density at radius 3 is 2.33 bits per heavy atom. The number of ether oxygens (including phenoxy) is 2. The quantitative estimate of drug-likeness (QED) is 0.831. The maximum atomic E-state index is 12.6. The molecule has 1 saturated carbocycles. The molecule has 1 fully saturated rings. The zero-order valence-corrected chi connectivity index (χ0v) is 13.6. The Morgan fingerprint density at radius 2 is 1.79 bits per heavy atom. The van der Waals surface area contributed by atoms with Crippen molar-refractivity contribution in [3.05, 3.63) is 18.2 Å². The highest BCUT2D eigenvalue weighted by atomic mass is 19.4. The number of methoxy groups -OCH3 is 2. The first-order valence-electron chi connectivity index (χ1n) is 7.65. The lowest BCUT2D eigenvalue weighted by Gasteiger charge is -2.29. The number of nitrogens with one attached hydrogen (secondary N) is 2. The second kappa shape index (κ2) is 7.29. The van der Waals surface area contributed by atoms with Crippen LogP contribution < -0.4 is 20.1 Å². The van der Waals surface area contributed by atoms with Crippen molar-refractivity contribution >= 4 is 11.6 Å². The molecule has 2 rings (SSSR count). The minimum absolute atomic E-state index is 0.377. The molecule has 134 valence electrons. The zero-order chi connectivity index (χ0) is 17.8. The van der Waals surface area contributed by atoms with Crippen molar-refractivity contribution in [3.63, 3.8) is 0 Å². The van der Waals surface area contributed by atoms with Crippen LogP contribution in [0, 0.1) is 0 Å². The lowest BCUT2D eigenvalue weighted by molar-refractivity contribution is -0.135. The lowest BCUT2D eigenvalue weighted by Crippen LogP contribution is -2.55. The molecule has 0 unspecified atom stereocenters. The summed E-state index contributed by atoms with van der Waals surface area (Å²) in [6, 6.07) is 4.81. The Bertz CT molecular complexity index is 584. The first-order chi connectivity index (χ1) is 11.3. The van der Waals surface area contributed by atoms with Crippen LogP contribution in [0.15, 0.2) is 18.2 Å². The first-order valence-corrected chi connectivity index (χ1v) is 7.65. The molecule has 0 heterocycles. The van der Waals surface area contributed by atoms with Crippen LogP contribution in [0.4, 0.5) is 18.9 Å². The number of benzene rings is 1. The van der Waals surface area contributed by atoms with E-state index in [-0.39, 0.29) is 0 Å². The van der Waals surface area contributed by atoms with E-state index in [0.717, 1.165) is 0 Å². The van der Waals surface area contributed by atoms with E-state index < -0.39 is 24.2 Å². The molecule has 8 heteroatoms. The molecule has 0 saturated heterocycles. The van der Waals surface area contributed by atoms with Gasteiger partial charge in [0.1, 0.15) is 0 Å². The third-order valence-corrected chi connectivity index (χ3v) is 4.16. The highest BCUT2D eigenvalue weighted by molar-refractivity contribution is 5.98. The van der Waals surface area contributed by atoms with Crippen molar-refractivity contribution in [1.82, 2.24) is 5.32 Å². The highest BCUT2D eigenvalue weighted by Crippen LogP contribution is 2.34. The number of carbonyl (C=O) groups is 1. The van der Waals surface area contributed by atoms with Gasteiger partial charge >= 0.3 is 6.18 Å². The third-order valence-electron chi connectivity index (χ3n) is 4.16. The van der Waals surface area contributed by atoms with Crippen LogP contribution in [0.5, 0.6) is 11.5 Å². The molecular weight excluding hydrogens is 325 g/mol. The Balaban J connectivity index is 2.13. The van der Waals surface area contributed by atoms with E-state index in [2.05, 4.69) is 10.6 Å². The van der Waals surface area contributed by atoms with Gasteiger partial charge in [0.15, 0.2) is 11.5 Å². The van der Waals surface area contributed by atoms with Crippen LogP contribution in [-0.4, -0.2) is 38.4 Å². The van der Waals surface area contributed by atoms with Gasteiger partial charge in [0.25, 0.3) is 0 Å². The maximum absolute atomic E-state index is 12.6. The van der Waals surface area contributed by atoms with Gasteiger partial charge in [-0.3, -0.25) is 10.1 Å². The van der Waals surface area contributed by atoms with Gasteiger partial charge in [0.05, 0.1) is 26.3 Å². The van der Waals surface area contributed by atoms with Gasteiger partial charge in [-0.25, -0.2) is 0 Å². The summed E-state index contributed by atoms with van der Waals surface area (Å²) >= 11 is 0. The molecule has 0 bridgehead atoms. The van der Waals surface area contributed by atoms with Gasteiger partial charge in [0.2, 0.25) is 5.91 Å². The van der Waals surface area contributed by atoms with E-state index in [4.69, 9.17) is 9.47 Å². The van der Waals surface area contributed by atoms with Crippen molar-refractivity contribution < 1.29 is 27.4 Å². The van der Waals surface area contributed by atoms with Crippen LogP contribution in [0.3, 0.4) is 0 Å². The molecule has 0 spiro atoms. The number of hydrogen-bond acceptors (Lipinski definition) is 4. The Kier molecular flexibility index (Phi) is 5.58. The number of hydrogen-bond donors (Lipinski definition) is 2. The maximum Gasteiger partial charge on any atom is 0.401 e. The predicted molar refractivity (Wildman–Crippen MR) is 83.4 cm³/mol. The van der Waals surface area contributed by atoms with Crippen LogP contribution in [0.1, 0.15) is 25.7 Å². The topological polar surface area (TPSA) is 59.6 Å². The normalized spacial score (nSPS) is 16.7. The van der Waals surface area contributed by atoms with E-state index in [0.29, 0.717) is 42.9 Å². The molecule has 24 heavy (non-hydrogen) atoms. The number of carbonyl (C=O) groups excluding carboxylic acids is 1. The van der Waals surface area contributed by atoms with Gasteiger partial charge in [-0.2, -0.15) is 13.2 Å². The Hall–Kier alpha value is -1.96. The summed E-state index contributed by atoms with van der Waals surface area (Å²) in [5, 5.41) is 5.10. The summed E-state index contributed by atoms with van der Waals surface area (Å²) in [7, 11) is 2.96. The van der Waals surface area contributed by atoms with Crippen LogP contribution in [0.25, 0.3) is 0 Å². The smallest absolute Gasteiger partial charge is 0.401 e. The summed E-state index contributed by atoms with van der Waals surface area (Å²) in [4.78, 5) is 12.6. The van der Waals surface area contributed by atoms with Crippen LogP contribution >= 0.6 is 0 Å². The second-order valence-corrected chi connectivity index (χ2v) is 5.78. The second-order valence-electron chi connectivity index (χ2n) is 5.78. The van der Waals surface area contributed by atoms with Gasteiger partial charge in [0, 0.05) is 11.8 Å². The molecule has 5 nitrogen and oxygen atoms in total. The first kappa shape index (κ1) is 18.4. The molecule has 0 aromatic heterocycles. The number of rotatable bonds is 6. The van der Waals surface area contributed by atoms with Gasteiger partial charge in [-0.15, -0.1) is 0 Å². The van der Waals surface area contributed by atoms with E-state index >= 15 is 0 Å². The average Bonchev–Trinajstić information content (AvgIpc) is 3.02. The molecule has 1 amide bonds. The average molecular weight is 346 g/mol. The zero-order valence-electron chi connectivity index (χ0n) is 13.6. The van der Waals surface area contributed by atoms with Crippen molar-refractivity contribution in [2.24, 2.45) is 0 Å². The monoisotopic (exact) mass is 346 g/mol. The fraction of sp³-hybridized carbons (Fsp3) is 0.562. The van der Waals surface area contributed by atoms with Crippen molar-refractivity contribution in [3.8, 4) is 11.5 Å².